The van der Waals surface area contributed by atoms with Gasteiger partial charge in [0.25, 0.3) is 0 Å². The van der Waals surface area contributed by atoms with Gasteiger partial charge in [0.05, 0.1) is 6.26 Å². The molecule has 0 spiro atoms. The zero-order valence-corrected chi connectivity index (χ0v) is 9.05. The number of nitrogens with two attached hydrogens (primary N) is 1. The van der Waals surface area contributed by atoms with E-state index >= 15 is 0 Å². The zero-order valence-electron chi connectivity index (χ0n) is 8.30. The molecule has 0 unspecified atom stereocenters. The van der Waals surface area contributed by atoms with Gasteiger partial charge in [-0.15, -0.1) is 0 Å². The van der Waals surface area contributed by atoms with E-state index in [9.17, 15) is 9.18 Å². The highest BCUT2D eigenvalue weighted by atomic mass is 35.5. The van der Waals surface area contributed by atoms with E-state index in [2.05, 4.69) is 0 Å². The second kappa shape index (κ2) is 4.14. The van der Waals surface area contributed by atoms with Crippen molar-refractivity contribution < 1.29 is 13.6 Å². The SMILES string of the molecule is NC(=O)CCc1c(Cl)cc(F)c2occc12. The van der Waals surface area contributed by atoms with E-state index in [0.717, 1.165) is 0 Å². The maximum Gasteiger partial charge on any atom is 0.217 e. The van der Waals surface area contributed by atoms with Gasteiger partial charge >= 0.3 is 0 Å². The third-order valence-corrected chi connectivity index (χ3v) is 2.71. The lowest BCUT2D eigenvalue weighted by Crippen LogP contribution is -2.11. The highest BCUT2D eigenvalue weighted by Gasteiger charge is 2.13. The monoisotopic (exact) mass is 241 g/mol. The molecule has 0 atom stereocenters. The van der Waals surface area contributed by atoms with Crippen LogP contribution in [0.2, 0.25) is 5.02 Å². The molecule has 0 radical (unpaired) electrons. The van der Waals surface area contributed by atoms with Crippen molar-refractivity contribution in [3.8, 4) is 0 Å². The lowest BCUT2D eigenvalue weighted by atomic mass is 10.0. The Labute approximate surface area is 96.0 Å². The quantitative estimate of drug-likeness (QED) is 0.898. The highest BCUT2D eigenvalue weighted by Crippen LogP contribution is 2.30. The van der Waals surface area contributed by atoms with Crippen LogP contribution in [0.1, 0.15) is 12.0 Å². The van der Waals surface area contributed by atoms with Gasteiger partial charge in [0.15, 0.2) is 11.4 Å². The Morgan fingerprint density at radius 2 is 2.31 bits per heavy atom. The second-order valence-electron chi connectivity index (χ2n) is 3.45. The smallest absolute Gasteiger partial charge is 0.217 e. The minimum absolute atomic E-state index is 0.156. The molecule has 0 aliphatic heterocycles. The number of furan rings is 1. The van der Waals surface area contributed by atoms with Crippen LogP contribution in [0.15, 0.2) is 22.8 Å². The van der Waals surface area contributed by atoms with Gasteiger partial charge < -0.3 is 10.2 Å². The number of amides is 1. The van der Waals surface area contributed by atoms with Crippen molar-refractivity contribution in [1.29, 1.82) is 0 Å². The largest absolute Gasteiger partial charge is 0.461 e. The van der Waals surface area contributed by atoms with E-state index < -0.39 is 11.7 Å². The van der Waals surface area contributed by atoms with Crippen LogP contribution in [0.4, 0.5) is 4.39 Å². The molecule has 3 nitrogen and oxygen atoms in total. The fourth-order valence-corrected chi connectivity index (χ4v) is 1.92. The molecule has 0 aliphatic rings. The van der Waals surface area contributed by atoms with Crippen LogP contribution < -0.4 is 5.73 Å². The average molecular weight is 242 g/mol. The van der Waals surface area contributed by atoms with Crippen LogP contribution in [0.5, 0.6) is 0 Å². The third kappa shape index (κ3) is 1.88. The van der Waals surface area contributed by atoms with Gasteiger partial charge in [-0.1, -0.05) is 11.6 Å². The molecule has 0 bridgehead atoms. The number of primary amides is 1. The fourth-order valence-electron chi connectivity index (χ4n) is 1.63. The molecule has 2 N–H and O–H groups in total. The summed E-state index contributed by atoms with van der Waals surface area (Å²) in [6, 6.07) is 2.81. The van der Waals surface area contributed by atoms with Gasteiger partial charge in [0.2, 0.25) is 5.91 Å². The summed E-state index contributed by atoms with van der Waals surface area (Å²) in [5, 5.41) is 0.874. The Hall–Kier alpha value is -1.55. The lowest BCUT2D eigenvalue weighted by molar-refractivity contribution is -0.117. The maximum absolute atomic E-state index is 13.4. The predicted molar refractivity (Wildman–Crippen MR) is 58.7 cm³/mol. The van der Waals surface area contributed by atoms with Gasteiger partial charge in [-0.05, 0) is 24.1 Å². The standard InChI is InChI=1S/C11H9ClFNO2/c12-8-5-9(13)11-7(3-4-16-11)6(8)1-2-10(14)15/h3-5H,1-2H2,(H2,14,15). The summed E-state index contributed by atoms with van der Waals surface area (Å²) in [6.45, 7) is 0. The van der Waals surface area contributed by atoms with Crippen molar-refractivity contribution in [1.82, 2.24) is 0 Å². The van der Waals surface area contributed by atoms with E-state index in [1.165, 1.54) is 12.3 Å². The Kier molecular flexibility index (Phi) is 2.83. The summed E-state index contributed by atoms with van der Waals surface area (Å²) in [7, 11) is 0. The van der Waals surface area contributed by atoms with Crippen molar-refractivity contribution in [2.24, 2.45) is 5.73 Å². The minimum atomic E-state index is -0.507. The van der Waals surface area contributed by atoms with E-state index in [1.807, 2.05) is 0 Å². The second-order valence-corrected chi connectivity index (χ2v) is 3.86. The normalized spacial score (nSPS) is 10.9. The average Bonchev–Trinajstić information content (AvgIpc) is 2.65. The van der Waals surface area contributed by atoms with Crippen molar-refractivity contribution in [3.05, 3.63) is 34.8 Å². The molecular weight excluding hydrogens is 233 g/mol. The molecule has 84 valence electrons. The summed E-state index contributed by atoms with van der Waals surface area (Å²) < 4.78 is 18.4. The number of carbonyl (C=O) groups excluding carboxylic acids is 1. The summed E-state index contributed by atoms with van der Waals surface area (Å²) in [4.78, 5) is 10.7. The van der Waals surface area contributed by atoms with Gasteiger partial charge in [-0.25, -0.2) is 4.39 Å². The number of hydrogen-bond acceptors (Lipinski definition) is 2. The van der Waals surface area contributed by atoms with Crippen molar-refractivity contribution in [2.75, 3.05) is 0 Å². The van der Waals surface area contributed by atoms with E-state index in [4.69, 9.17) is 21.8 Å². The first-order valence-corrected chi connectivity index (χ1v) is 5.10. The van der Waals surface area contributed by atoms with E-state index in [-0.39, 0.29) is 17.0 Å². The first-order chi connectivity index (χ1) is 7.59. The molecular formula is C11H9ClFNO2. The van der Waals surface area contributed by atoms with Crippen molar-refractivity contribution >= 4 is 28.5 Å². The summed E-state index contributed by atoms with van der Waals surface area (Å²) >= 11 is 5.92. The molecule has 0 aliphatic carbocycles. The molecule has 1 aromatic carbocycles. The highest BCUT2D eigenvalue weighted by molar-refractivity contribution is 6.32. The molecule has 5 heteroatoms. The van der Waals surface area contributed by atoms with Crippen molar-refractivity contribution in [2.45, 2.75) is 12.8 Å². The Morgan fingerprint density at radius 3 is 3.00 bits per heavy atom. The Bertz CT molecular complexity index is 550. The number of fused-ring (bicyclic) bond motifs is 1. The molecule has 1 heterocycles. The van der Waals surface area contributed by atoms with E-state index in [1.54, 1.807) is 6.07 Å². The number of halogens is 2. The minimum Gasteiger partial charge on any atom is -0.461 e. The zero-order chi connectivity index (χ0) is 11.7. The van der Waals surface area contributed by atoms with Crippen LogP contribution in [0.25, 0.3) is 11.0 Å². The van der Waals surface area contributed by atoms with Crippen LogP contribution in [-0.2, 0) is 11.2 Å². The molecule has 1 aromatic heterocycles. The first-order valence-electron chi connectivity index (χ1n) is 4.72. The fraction of sp³-hybridized carbons (Fsp3) is 0.182. The predicted octanol–water partition coefficient (Wildman–Crippen LogP) is 2.64. The van der Waals surface area contributed by atoms with Gasteiger partial charge in [0, 0.05) is 16.8 Å². The Morgan fingerprint density at radius 1 is 1.56 bits per heavy atom. The number of benzene rings is 1. The summed E-state index contributed by atoms with van der Waals surface area (Å²) in [5.41, 5.74) is 5.90. The lowest BCUT2D eigenvalue weighted by Gasteiger charge is -2.04. The third-order valence-electron chi connectivity index (χ3n) is 2.37. The number of carbonyl (C=O) groups is 1. The van der Waals surface area contributed by atoms with Crippen LogP contribution in [0, 0.1) is 5.82 Å². The molecule has 0 saturated heterocycles. The Balaban J connectivity index is 2.50. The molecule has 1 amide bonds. The molecule has 2 rings (SSSR count). The topological polar surface area (TPSA) is 56.2 Å². The summed E-state index contributed by atoms with van der Waals surface area (Å²) in [6.07, 6.45) is 1.94. The summed E-state index contributed by atoms with van der Waals surface area (Å²) in [5.74, 6) is -0.926. The molecule has 0 saturated carbocycles. The number of aryl methyl sites for hydroxylation is 1. The van der Waals surface area contributed by atoms with Gasteiger partial charge in [0.1, 0.15) is 0 Å². The van der Waals surface area contributed by atoms with E-state index in [0.29, 0.717) is 17.4 Å². The van der Waals surface area contributed by atoms with Crippen LogP contribution in [0.3, 0.4) is 0 Å². The van der Waals surface area contributed by atoms with Gasteiger partial charge in [-0.2, -0.15) is 0 Å². The van der Waals surface area contributed by atoms with Gasteiger partial charge in [-0.3, -0.25) is 4.79 Å². The number of rotatable bonds is 3. The first kappa shape index (κ1) is 11.0. The molecule has 2 aromatic rings. The van der Waals surface area contributed by atoms with Crippen molar-refractivity contribution in [3.63, 3.8) is 0 Å². The maximum atomic E-state index is 13.4. The van der Waals surface area contributed by atoms with Crippen LogP contribution in [-0.4, -0.2) is 5.91 Å². The molecule has 16 heavy (non-hydrogen) atoms. The molecule has 0 fully saturated rings. The van der Waals surface area contributed by atoms with Crippen LogP contribution >= 0.6 is 11.6 Å². The number of hydrogen-bond donors (Lipinski definition) is 1.